The molecule has 0 radical (unpaired) electrons. The molecule has 18 heavy (non-hydrogen) atoms. The van der Waals surface area contributed by atoms with Crippen LogP contribution in [0.15, 0.2) is 11.6 Å². The number of likely N-dealkylation sites (tertiary alicyclic amines) is 1. The number of hydrogen-bond acceptors (Lipinski definition) is 3. The molecule has 6 heteroatoms. The van der Waals surface area contributed by atoms with Crippen LogP contribution in [0, 0.1) is 5.92 Å². The van der Waals surface area contributed by atoms with Gasteiger partial charge in [-0.1, -0.05) is 6.08 Å². The fourth-order valence-corrected chi connectivity index (χ4v) is 1.95. The van der Waals surface area contributed by atoms with E-state index >= 15 is 0 Å². The summed E-state index contributed by atoms with van der Waals surface area (Å²) in [4.78, 5) is 13.0. The molecule has 0 aromatic carbocycles. The lowest BCUT2D eigenvalue weighted by Gasteiger charge is -2.32. The van der Waals surface area contributed by atoms with Crippen LogP contribution in [0.25, 0.3) is 0 Å². The predicted molar refractivity (Wildman–Crippen MR) is 61.0 cm³/mol. The van der Waals surface area contributed by atoms with Gasteiger partial charge in [0.1, 0.15) is 0 Å². The van der Waals surface area contributed by atoms with Gasteiger partial charge in [0, 0.05) is 12.1 Å². The third kappa shape index (κ3) is 4.33. The van der Waals surface area contributed by atoms with Crippen LogP contribution in [-0.2, 0) is 9.53 Å². The van der Waals surface area contributed by atoms with Gasteiger partial charge in [0.2, 0.25) is 0 Å². The molecule has 0 amide bonds. The average molecular weight is 265 g/mol. The topological polar surface area (TPSA) is 29.5 Å². The minimum atomic E-state index is -4.08. The molecule has 0 aliphatic carbocycles. The molecule has 0 spiro atoms. The summed E-state index contributed by atoms with van der Waals surface area (Å²) in [6, 6.07) is 0. The van der Waals surface area contributed by atoms with E-state index in [4.69, 9.17) is 0 Å². The molecule has 1 saturated heterocycles. The quantitative estimate of drug-likeness (QED) is 0.579. The molecule has 3 nitrogen and oxygen atoms in total. The molecule has 1 fully saturated rings. The summed E-state index contributed by atoms with van der Waals surface area (Å²) in [5, 5.41) is 0. The van der Waals surface area contributed by atoms with Gasteiger partial charge in [0.05, 0.1) is 13.0 Å². The Labute approximate surface area is 105 Å². The molecule has 0 aromatic heterocycles. The number of methoxy groups -OCH3 is 1. The lowest BCUT2D eigenvalue weighted by atomic mass is 9.96. The SMILES string of the molecule is COC(=O)C(C)=CCN1CCC(C(F)(F)F)CC1. The van der Waals surface area contributed by atoms with Gasteiger partial charge in [-0.15, -0.1) is 0 Å². The van der Waals surface area contributed by atoms with Crippen molar-refractivity contribution in [2.75, 3.05) is 26.7 Å². The van der Waals surface area contributed by atoms with Crippen LogP contribution in [-0.4, -0.2) is 43.8 Å². The van der Waals surface area contributed by atoms with Gasteiger partial charge in [0.25, 0.3) is 0 Å². The monoisotopic (exact) mass is 265 g/mol. The summed E-state index contributed by atoms with van der Waals surface area (Å²) in [7, 11) is 1.30. The van der Waals surface area contributed by atoms with Crippen LogP contribution in [0.3, 0.4) is 0 Å². The summed E-state index contributed by atoms with van der Waals surface area (Å²) in [6.45, 7) is 2.95. The van der Waals surface area contributed by atoms with Crippen LogP contribution in [0.2, 0.25) is 0 Å². The van der Waals surface area contributed by atoms with Crippen LogP contribution in [0.4, 0.5) is 13.2 Å². The van der Waals surface area contributed by atoms with Gasteiger partial charge in [0.15, 0.2) is 0 Å². The summed E-state index contributed by atoms with van der Waals surface area (Å²) >= 11 is 0. The smallest absolute Gasteiger partial charge is 0.391 e. The minimum Gasteiger partial charge on any atom is -0.466 e. The van der Waals surface area contributed by atoms with Crippen molar-refractivity contribution in [3.63, 3.8) is 0 Å². The average Bonchev–Trinajstić information content (AvgIpc) is 2.34. The number of alkyl halides is 3. The van der Waals surface area contributed by atoms with Gasteiger partial charge in [-0.2, -0.15) is 13.2 Å². The van der Waals surface area contributed by atoms with Crippen LogP contribution < -0.4 is 0 Å². The number of halogens is 3. The van der Waals surface area contributed by atoms with Crippen molar-refractivity contribution in [2.45, 2.75) is 25.9 Å². The lowest BCUT2D eigenvalue weighted by Crippen LogP contribution is -2.39. The third-order valence-electron chi connectivity index (χ3n) is 3.21. The first-order valence-electron chi connectivity index (χ1n) is 5.88. The zero-order chi connectivity index (χ0) is 13.8. The summed E-state index contributed by atoms with van der Waals surface area (Å²) in [5.41, 5.74) is 0.482. The molecule has 0 atom stereocenters. The second-order valence-corrected chi connectivity index (χ2v) is 4.50. The molecule has 0 N–H and O–H groups in total. The molecule has 1 rings (SSSR count). The Bertz CT molecular complexity index is 318. The molecular formula is C12H18F3NO2. The second kappa shape index (κ2) is 6.22. The predicted octanol–water partition coefficient (Wildman–Crippen LogP) is 2.38. The summed E-state index contributed by atoms with van der Waals surface area (Å²) in [5.74, 6) is -1.58. The van der Waals surface area contributed by atoms with Crippen LogP contribution in [0.5, 0.6) is 0 Å². The summed E-state index contributed by atoms with van der Waals surface area (Å²) in [6.07, 6.45) is -2.12. The first-order valence-corrected chi connectivity index (χ1v) is 5.88. The number of rotatable bonds is 3. The van der Waals surface area contributed by atoms with E-state index in [1.165, 1.54) is 7.11 Å². The van der Waals surface area contributed by atoms with E-state index in [0.717, 1.165) is 0 Å². The maximum Gasteiger partial charge on any atom is 0.391 e. The molecule has 1 aliphatic rings. The molecule has 0 aromatic rings. The maximum absolute atomic E-state index is 12.4. The Morgan fingerprint density at radius 1 is 1.39 bits per heavy atom. The number of nitrogens with zero attached hydrogens (tertiary/aromatic N) is 1. The van der Waals surface area contributed by atoms with Crippen molar-refractivity contribution in [1.29, 1.82) is 0 Å². The zero-order valence-corrected chi connectivity index (χ0v) is 10.6. The van der Waals surface area contributed by atoms with E-state index in [2.05, 4.69) is 4.74 Å². The molecule has 0 bridgehead atoms. The number of piperidine rings is 1. The van der Waals surface area contributed by atoms with Gasteiger partial charge in [-0.05, 0) is 32.9 Å². The Balaban J connectivity index is 2.39. The highest BCUT2D eigenvalue weighted by Gasteiger charge is 2.40. The van der Waals surface area contributed by atoms with E-state index in [1.54, 1.807) is 13.0 Å². The molecule has 1 aliphatic heterocycles. The van der Waals surface area contributed by atoms with Gasteiger partial charge in [-0.3, -0.25) is 4.90 Å². The zero-order valence-electron chi connectivity index (χ0n) is 10.6. The Kier molecular flexibility index (Phi) is 5.19. The highest BCUT2D eigenvalue weighted by molar-refractivity contribution is 5.87. The van der Waals surface area contributed by atoms with Crippen molar-refractivity contribution in [3.8, 4) is 0 Å². The van der Waals surface area contributed by atoms with Crippen molar-refractivity contribution in [3.05, 3.63) is 11.6 Å². The number of carbonyl (C=O) groups is 1. The van der Waals surface area contributed by atoms with E-state index in [9.17, 15) is 18.0 Å². The number of esters is 1. The number of carbonyl (C=O) groups excluding carboxylic acids is 1. The van der Waals surface area contributed by atoms with Gasteiger partial charge in [-0.25, -0.2) is 4.79 Å². The number of ether oxygens (including phenoxy) is 1. The maximum atomic E-state index is 12.4. The first kappa shape index (κ1) is 15.0. The first-order chi connectivity index (χ1) is 8.34. The minimum absolute atomic E-state index is 0.134. The molecule has 104 valence electrons. The van der Waals surface area contributed by atoms with E-state index in [-0.39, 0.29) is 12.8 Å². The Morgan fingerprint density at radius 3 is 2.39 bits per heavy atom. The highest BCUT2D eigenvalue weighted by Crippen LogP contribution is 2.33. The lowest BCUT2D eigenvalue weighted by molar-refractivity contribution is -0.184. The van der Waals surface area contributed by atoms with E-state index in [0.29, 0.717) is 25.2 Å². The van der Waals surface area contributed by atoms with Gasteiger partial charge < -0.3 is 4.74 Å². The normalized spacial score (nSPS) is 19.9. The van der Waals surface area contributed by atoms with Crippen LogP contribution >= 0.6 is 0 Å². The summed E-state index contributed by atoms with van der Waals surface area (Å²) < 4.78 is 41.9. The largest absolute Gasteiger partial charge is 0.466 e. The van der Waals surface area contributed by atoms with Crippen molar-refractivity contribution >= 4 is 5.97 Å². The van der Waals surface area contributed by atoms with Gasteiger partial charge >= 0.3 is 12.1 Å². The Morgan fingerprint density at radius 2 is 1.94 bits per heavy atom. The number of hydrogen-bond donors (Lipinski definition) is 0. The van der Waals surface area contributed by atoms with E-state index < -0.39 is 18.1 Å². The fraction of sp³-hybridized carbons (Fsp3) is 0.750. The molecule has 0 unspecified atom stereocenters. The van der Waals surface area contributed by atoms with Crippen LogP contribution in [0.1, 0.15) is 19.8 Å². The van der Waals surface area contributed by atoms with E-state index in [1.807, 2.05) is 4.90 Å². The standard InChI is InChI=1S/C12H18F3NO2/c1-9(11(17)18-2)3-6-16-7-4-10(5-8-16)12(13,14)15/h3,10H,4-8H2,1-2H3. The highest BCUT2D eigenvalue weighted by atomic mass is 19.4. The fourth-order valence-electron chi connectivity index (χ4n) is 1.95. The molecule has 1 heterocycles. The van der Waals surface area contributed by atoms with Crippen molar-refractivity contribution in [1.82, 2.24) is 4.90 Å². The molecular weight excluding hydrogens is 247 g/mol. The Hall–Kier alpha value is -1.04. The van der Waals surface area contributed by atoms with Crippen molar-refractivity contribution in [2.24, 2.45) is 5.92 Å². The third-order valence-corrected chi connectivity index (χ3v) is 3.21. The van der Waals surface area contributed by atoms with Crippen molar-refractivity contribution < 1.29 is 22.7 Å². The molecule has 0 saturated carbocycles. The second-order valence-electron chi connectivity index (χ2n) is 4.50.